The van der Waals surface area contributed by atoms with Gasteiger partial charge in [-0.2, -0.15) is 0 Å². The molecule has 0 aliphatic heterocycles. The first-order chi connectivity index (χ1) is 0. The van der Waals surface area contributed by atoms with Crippen LogP contribution in [0.1, 0.15) is 12.8 Å². The van der Waals surface area contributed by atoms with Gasteiger partial charge in [-0.05, 0) is 0 Å². The third-order valence-corrected chi connectivity index (χ3v) is 0. The first-order valence-electron chi connectivity index (χ1n) is 0. The Morgan fingerprint density at radius 3 is 0.214 bits per heavy atom. The molecule has 0 radical (unpaired) electrons. The number of rotatable bonds is 0. The Morgan fingerprint density at radius 1 is 0.214 bits per heavy atom. The van der Waals surface area contributed by atoms with Crippen molar-refractivity contribution in [3.8, 4) is 0 Å². The molecule has 0 nitrogen and oxygen atoms in total. The van der Waals surface area contributed by atoms with Gasteiger partial charge in [-0.1, -0.05) is 0 Å². The molecule has 0 aromatic rings. The van der Waals surface area contributed by atoms with Crippen LogP contribution < -0.4 is 462 Å². The summed E-state index contributed by atoms with van der Waals surface area (Å²) >= 11 is 0. The Labute approximate surface area is 516 Å². The van der Waals surface area contributed by atoms with Gasteiger partial charge in [-0.25, -0.2) is 0 Å². The maximum atomic E-state index is 0. The van der Waals surface area contributed by atoms with Crippen molar-refractivity contribution in [1.82, 2.24) is 0 Å². The minimum Gasteiger partial charge on any atom is -1.00 e. The Morgan fingerprint density at radius 2 is 0.214 bits per heavy atom. The fourth-order valence-corrected chi connectivity index (χ4v) is 0. The van der Waals surface area contributed by atoms with Crippen LogP contribution in [0.2, 0.25) is 0 Å². The zero-order valence-electron chi connectivity index (χ0n) is 20.0. The zero-order valence-corrected chi connectivity index (χ0v) is 43.2. The van der Waals surface area contributed by atoms with Gasteiger partial charge in [0.15, 0.2) is 0 Å². The first-order valence-corrected chi connectivity index (χ1v) is 0. The molecule has 0 aromatic carbocycles. The third-order valence-electron chi connectivity index (χ3n) is 0. The summed E-state index contributed by atoms with van der Waals surface area (Å²) in [5.74, 6) is 0. The molecule has 0 rings (SSSR count). The van der Waals surface area contributed by atoms with E-state index in [9.17, 15) is 0 Å². The molecule has 58 valence electrons. The molecule has 0 saturated carbocycles. The van der Waals surface area contributed by atoms with E-state index in [1.54, 1.807) is 0 Å². The topological polar surface area (TPSA) is 0 Å². The molecule has 0 aliphatic carbocycles. The predicted molar refractivity (Wildman–Crippen MR) is 46.2 cm³/mol. The average molecular weight is 543 g/mol. The molecule has 14 heavy (non-hydrogen) atoms. The van der Waals surface area contributed by atoms with E-state index >= 15 is 0 Å². The SMILES string of the molecule is Cl.Cl.Cl.Cl.Cl.[H-].[H-].[H-].[H-].[H-].[H-].[H-].[H-].[H-].[K+].[K+].[K+].[K+].[K+].[K+].[K+].[K+].[K+]. The van der Waals surface area contributed by atoms with E-state index in [4.69, 9.17) is 0 Å². The molecule has 0 aliphatic rings. The third kappa shape index (κ3) is 79.5. The number of halogens is 5. The van der Waals surface area contributed by atoms with E-state index < -0.39 is 0 Å². The van der Waals surface area contributed by atoms with Gasteiger partial charge in [0.05, 0.1) is 0 Å². The summed E-state index contributed by atoms with van der Waals surface area (Å²) < 4.78 is 0. The monoisotopic (exact) mass is 540 g/mol. The molecular formula is H14Cl5K9. The van der Waals surface area contributed by atoms with Crippen molar-refractivity contribution in [2.24, 2.45) is 0 Å². The fraction of sp³-hybridized carbons (Fsp3) is 0. The zero-order chi connectivity index (χ0) is 0. The predicted octanol–water partition coefficient (Wildman–Crippen LogP) is -23.8. The summed E-state index contributed by atoms with van der Waals surface area (Å²) in [6.07, 6.45) is 0. The minimum absolute atomic E-state index is 0. The van der Waals surface area contributed by atoms with Crippen molar-refractivity contribution in [1.29, 1.82) is 0 Å². The van der Waals surface area contributed by atoms with Crippen molar-refractivity contribution in [3.63, 3.8) is 0 Å². The Hall–Kier alpha value is 16.2. The Bertz CT molecular complexity index is 35.4. The molecule has 0 fully saturated rings. The van der Waals surface area contributed by atoms with Gasteiger partial charge in [0.2, 0.25) is 0 Å². The van der Waals surface area contributed by atoms with Gasteiger partial charge in [-0.15, -0.1) is 62.0 Å². The molecule has 0 aromatic heterocycles. The fourth-order valence-electron chi connectivity index (χ4n) is 0. The van der Waals surface area contributed by atoms with Gasteiger partial charge in [0, 0.05) is 0 Å². The number of hydrogen-bond acceptors (Lipinski definition) is 0. The summed E-state index contributed by atoms with van der Waals surface area (Å²) in [4.78, 5) is 0. The summed E-state index contributed by atoms with van der Waals surface area (Å²) in [6.45, 7) is 0. The van der Waals surface area contributed by atoms with Crippen LogP contribution in [-0.2, 0) is 0 Å². The largest absolute Gasteiger partial charge is 1.00 e. The van der Waals surface area contributed by atoms with Crippen LogP contribution in [0.25, 0.3) is 0 Å². The maximum Gasteiger partial charge on any atom is 1.00 e. The Kier molecular flexibility index (Phi) is 621. The molecular weight excluding hydrogens is 529 g/mol. The van der Waals surface area contributed by atoms with E-state index in [0.717, 1.165) is 0 Å². The van der Waals surface area contributed by atoms with Crippen molar-refractivity contribution in [2.45, 2.75) is 0 Å². The number of hydrogen-bond donors (Lipinski definition) is 0. The van der Waals surface area contributed by atoms with Crippen LogP contribution in [0.4, 0.5) is 0 Å². The smallest absolute Gasteiger partial charge is 1.00 e. The maximum absolute atomic E-state index is 0. The Balaban J connectivity index is 0. The van der Waals surface area contributed by atoms with E-state index in [0.29, 0.717) is 0 Å². The summed E-state index contributed by atoms with van der Waals surface area (Å²) in [6, 6.07) is 0. The van der Waals surface area contributed by atoms with Gasteiger partial charge >= 0.3 is 462 Å². The molecule has 14 heteroatoms. The molecule has 0 bridgehead atoms. The van der Waals surface area contributed by atoms with E-state index in [1.807, 2.05) is 0 Å². The molecule has 0 N–H and O–H groups in total. The molecule has 0 saturated heterocycles. The van der Waals surface area contributed by atoms with Crippen LogP contribution in [0.3, 0.4) is 0 Å². The van der Waals surface area contributed by atoms with Gasteiger partial charge in [0.25, 0.3) is 0 Å². The minimum atomic E-state index is 0. The van der Waals surface area contributed by atoms with Gasteiger partial charge in [-0.3, -0.25) is 0 Å². The molecule has 0 heterocycles. The standard InChI is InChI=1S/5ClH.9K.9H/h5*1H;;;;;;;;;;;;;;;;;;/q;;;;;9*+1;9*-1. The van der Waals surface area contributed by atoms with Crippen molar-refractivity contribution in [2.75, 3.05) is 0 Å². The summed E-state index contributed by atoms with van der Waals surface area (Å²) in [5.41, 5.74) is 0. The average Bonchev–Trinajstić information content (AvgIpc) is 0. The van der Waals surface area contributed by atoms with Crippen LogP contribution in [-0.4, -0.2) is 0 Å². The van der Waals surface area contributed by atoms with Crippen molar-refractivity contribution in [3.05, 3.63) is 0 Å². The van der Waals surface area contributed by atoms with Crippen LogP contribution >= 0.6 is 62.0 Å². The normalized spacial score (nSPS) is 0. The quantitative estimate of drug-likeness (QED) is 0.267. The van der Waals surface area contributed by atoms with E-state index in [-0.39, 0.29) is 537 Å². The molecule has 0 amide bonds. The van der Waals surface area contributed by atoms with E-state index in [2.05, 4.69) is 0 Å². The molecule has 0 atom stereocenters. The molecule has 0 spiro atoms. The summed E-state index contributed by atoms with van der Waals surface area (Å²) in [5, 5.41) is 0. The van der Waals surface area contributed by atoms with Crippen molar-refractivity contribution < 1.29 is 475 Å². The van der Waals surface area contributed by atoms with Gasteiger partial charge in [0.1, 0.15) is 0 Å². The second-order valence-electron chi connectivity index (χ2n) is 0. The van der Waals surface area contributed by atoms with Crippen LogP contribution in [0, 0.1) is 0 Å². The van der Waals surface area contributed by atoms with Crippen molar-refractivity contribution >= 4 is 62.0 Å². The second kappa shape index (κ2) is 88.5. The van der Waals surface area contributed by atoms with E-state index in [1.165, 1.54) is 0 Å². The second-order valence-corrected chi connectivity index (χ2v) is 0. The first kappa shape index (κ1) is 98.2. The molecule has 0 unspecified atom stereocenters. The van der Waals surface area contributed by atoms with Crippen LogP contribution in [0.5, 0.6) is 0 Å². The van der Waals surface area contributed by atoms with Crippen LogP contribution in [0.15, 0.2) is 0 Å². The van der Waals surface area contributed by atoms with Gasteiger partial charge < -0.3 is 12.8 Å². The summed E-state index contributed by atoms with van der Waals surface area (Å²) in [7, 11) is 0.